The molecule has 0 fully saturated rings. The second kappa shape index (κ2) is 3.87. The Labute approximate surface area is 105 Å². The maximum absolute atomic E-state index is 11.3. The van der Waals surface area contributed by atoms with Crippen molar-refractivity contribution in [3.8, 4) is 11.1 Å². The molecule has 2 amide bonds. The summed E-state index contributed by atoms with van der Waals surface area (Å²) in [5, 5.41) is 12.7. The summed E-state index contributed by atoms with van der Waals surface area (Å²) in [5.74, 6) is 0. The number of hydrogen-bond donors (Lipinski definition) is 3. The first kappa shape index (κ1) is 10.8. The maximum Gasteiger partial charge on any atom is 0.319 e. The maximum atomic E-state index is 11.3. The number of urea groups is 1. The summed E-state index contributed by atoms with van der Waals surface area (Å²) in [5.41, 5.74) is 6.14. The van der Waals surface area contributed by atoms with Gasteiger partial charge in [0.15, 0.2) is 0 Å². The Kier molecular flexibility index (Phi) is 2.33. The molecule has 1 aliphatic heterocycles. The summed E-state index contributed by atoms with van der Waals surface area (Å²) in [7, 11) is 0. The van der Waals surface area contributed by atoms with E-state index in [9.17, 15) is 4.79 Å². The van der Waals surface area contributed by atoms with Crippen LogP contribution in [0.25, 0.3) is 11.1 Å². The second-order valence-electron chi connectivity index (χ2n) is 4.49. The van der Waals surface area contributed by atoms with Crippen LogP contribution in [0.3, 0.4) is 0 Å². The van der Waals surface area contributed by atoms with Gasteiger partial charge in [-0.15, -0.1) is 0 Å². The van der Waals surface area contributed by atoms with E-state index >= 15 is 0 Å². The molecule has 5 heteroatoms. The number of nitrogens with zero attached hydrogens (tertiary/aromatic N) is 1. The summed E-state index contributed by atoms with van der Waals surface area (Å²) in [4.78, 5) is 11.3. The van der Waals surface area contributed by atoms with Crippen molar-refractivity contribution in [2.45, 2.75) is 20.4 Å². The minimum absolute atomic E-state index is 0.153. The molecule has 5 nitrogen and oxygen atoms in total. The van der Waals surface area contributed by atoms with Crippen molar-refractivity contribution in [3.05, 3.63) is 35.2 Å². The van der Waals surface area contributed by atoms with E-state index in [1.165, 1.54) is 0 Å². The molecular formula is C13H14N4O. The van der Waals surface area contributed by atoms with Crippen molar-refractivity contribution in [3.63, 3.8) is 0 Å². The molecule has 0 bridgehead atoms. The number of H-pyrrole nitrogens is 1. The van der Waals surface area contributed by atoms with E-state index in [-0.39, 0.29) is 6.03 Å². The van der Waals surface area contributed by atoms with Gasteiger partial charge in [0.1, 0.15) is 0 Å². The summed E-state index contributed by atoms with van der Waals surface area (Å²) < 4.78 is 0. The van der Waals surface area contributed by atoms with Crippen LogP contribution in [0.15, 0.2) is 18.2 Å². The van der Waals surface area contributed by atoms with E-state index in [1.807, 2.05) is 26.0 Å². The highest BCUT2D eigenvalue weighted by Gasteiger charge is 2.16. The molecule has 0 unspecified atom stereocenters. The molecule has 0 spiro atoms. The van der Waals surface area contributed by atoms with Gasteiger partial charge in [0, 0.05) is 23.5 Å². The molecule has 0 radical (unpaired) electrons. The average Bonchev–Trinajstić information content (AvgIpc) is 2.68. The monoisotopic (exact) mass is 242 g/mol. The van der Waals surface area contributed by atoms with E-state index in [4.69, 9.17) is 0 Å². The van der Waals surface area contributed by atoms with Crippen LogP contribution in [0.2, 0.25) is 0 Å². The number of carbonyl (C=O) groups is 1. The predicted octanol–water partition coefficient (Wildman–Crippen LogP) is 2.33. The summed E-state index contributed by atoms with van der Waals surface area (Å²) in [6, 6.07) is 5.94. The molecule has 18 heavy (non-hydrogen) atoms. The summed E-state index contributed by atoms with van der Waals surface area (Å²) in [6.07, 6.45) is 0. The Balaban J connectivity index is 2.10. The van der Waals surface area contributed by atoms with Crippen LogP contribution in [-0.4, -0.2) is 16.2 Å². The average molecular weight is 242 g/mol. The van der Waals surface area contributed by atoms with E-state index < -0.39 is 0 Å². The lowest BCUT2D eigenvalue weighted by atomic mass is 10.00. The number of benzene rings is 1. The topological polar surface area (TPSA) is 69.8 Å². The molecule has 3 rings (SSSR count). The van der Waals surface area contributed by atoms with Crippen molar-refractivity contribution in [2.75, 3.05) is 5.32 Å². The number of aromatic nitrogens is 2. The molecule has 0 saturated carbocycles. The van der Waals surface area contributed by atoms with Crippen molar-refractivity contribution in [2.24, 2.45) is 0 Å². The highest BCUT2D eigenvalue weighted by Crippen LogP contribution is 2.30. The van der Waals surface area contributed by atoms with E-state index in [0.717, 1.165) is 33.8 Å². The van der Waals surface area contributed by atoms with Gasteiger partial charge in [-0.1, -0.05) is 12.1 Å². The zero-order valence-electron chi connectivity index (χ0n) is 10.3. The van der Waals surface area contributed by atoms with E-state index in [0.29, 0.717) is 6.54 Å². The number of aryl methyl sites for hydroxylation is 2. The number of rotatable bonds is 1. The quantitative estimate of drug-likeness (QED) is 0.718. The Bertz CT molecular complexity index is 610. The van der Waals surface area contributed by atoms with Crippen molar-refractivity contribution >= 4 is 11.7 Å². The largest absolute Gasteiger partial charge is 0.334 e. The zero-order valence-corrected chi connectivity index (χ0v) is 10.3. The summed E-state index contributed by atoms with van der Waals surface area (Å²) >= 11 is 0. The third kappa shape index (κ3) is 1.64. The number of nitrogens with one attached hydrogen (secondary N) is 3. The first-order valence-electron chi connectivity index (χ1n) is 5.85. The van der Waals surface area contributed by atoms with Crippen LogP contribution >= 0.6 is 0 Å². The molecule has 92 valence electrons. The fourth-order valence-corrected chi connectivity index (χ4v) is 2.32. The predicted molar refractivity (Wildman–Crippen MR) is 69.4 cm³/mol. The Morgan fingerprint density at radius 3 is 2.83 bits per heavy atom. The van der Waals surface area contributed by atoms with Gasteiger partial charge in [-0.3, -0.25) is 5.10 Å². The van der Waals surface area contributed by atoms with E-state index in [1.54, 1.807) is 0 Å². The molecule has 2 aromatic rings. The minimum Gasteiger partial charge on any atom is -0.334 e. The fraction of sp³-hybridized carbons (Fsp3) is 0.231. The lowest BCUT2D eigenvalue weighted by molar-refractivity contribution is 0.251. The van der Waals surface area contributed by atoms with Crippen molar-refractivity contribution < 1.29 is 4.79 Å². The van der Waals surface area contributed by atoms with Gasteiger partial charge in [-0.05, 0) is 31.0 Å². The molecule has 3 N–H and O–H groups in total. The first-order valence-corrected chi connectivity index (χ1v) is 5.85. The first-order chi connectivity index (χ1) is 8.65. The fourth-order valence-electron chi connectivity index (χ4n) is 2.32. The van der Waals surface area contributed by atoms with Gasteiger partial charge >= 0.3 is 6.03 Å². The SMILES string of the molecule is Cc1n[nH]c(C)c1-c1ccc2c(c1)NC(=O)NC2. The number of hydrogen-bond acceptors (Lipinski definition) is 2. The summed E-state index contributed by atoms with van der Waals surface area (Å²) in [6.45, 7) is 4.54. The highest BCUT2D eigenvalue weighted by atomic mass is 16.2. The standard InChI is InChI=1S/C13H14N4O/c1-7-12(8(2)17-16-7)9-3-4-10-6-14-13(18)15-11(10)5-9/h3-5H,6H2,1-2H3,(H,16,17)(H2,14,15,18). The van der Waals surface area contributed by atoms with Crippen molar-refractivity contribution in [1.29, 1.82) is 0 Å². The number of fused-ring (bicyclic) bond motifs is 1. The zero-order chi connectivity index (χ0) is 12.7. The third-order valence-electron chi connectivity index (χ3n) is 3.21. The van der Waals surface area contributed by atoms with Crippen LogP contribution in [0, 0.1) is 13.8 Å². The number of aromatic amines is 1. The van der Waals surface area contributed by atoms with Crippen molar-refractivity contribution in [1.82, 2.24) is 15.5 Å². The Morgan fingerprint density at radius 1 is 1.28 bits per heavy atom. The molecule has 0 aliphatic carbocycles. The molecule has 0 saturated heterocycles. The number of amides is 2. The van der Waals surface area contributed by atoms with Gasteiger partial charge in [-0.2, -0.15) is 5.10 Å². The van der Waals surface area contributed by atoms with Crippen LogP contribution in [0.1, 0.15) is 17.0 Å². The van der Waals surface area contributed by atoms with Gasteiger partial charge in [0.2, 0.25) is 0 Å². The van der Waals surface area contributed by atoms with Crippen LogP contribution in [0.4, 0.5) is 10.5 Å². The van der Waals surface area contributed by atoms with Gasteiger partial charge < -0.3 is 10.6 Å². The number of anilines is 1. The molecule has 1 aromatic carbocycles. The molecular weight excluding hydrogens is 228 g/mol. The lowest BCUT2D eigenvalue weighted by Gasteiger charge is -2.19. The van der Waals surface area contributed by atoms with Crippen LogP contribution in [0.5, 0.6) is 0 Å². The van der Waals surface area contributed by atoms with Crippen LogP contribution in [-0.2, 0) is 6.54 Å². The van der Waals surface area contributed by atoms with Gasteiger partial charge in [0.25, 0.3) is 0 Å². The lowest BCUT2D eigenvalue weighted by Crippen LogP contribution is -2.33. The van der Waals surface area contributed by atoms with E-state index in [2.05, 4.69) is 26.9 Å². The second-order valence-corrected chi connectivity index (χ2v) is 4.49. The molecule has 2 heterocycles. The molecule has 0 atom stereocenters. The van der Waals surface area contributed by atoms with Gasteiger partial charge in [-0.25, -0.2) is 4.79 Å². The molecule has 1 aliphatic rings. The van der Waals surface area contributed by atoms with Gasteiger partial charge in [0.05, 0.1) is 5.69 Å². The van der Waals surface area contributed by atoms with Crippen LogP contribution < -0.4 is 10.6 Å². The Hall–Kier alpha value is -2.30. The molecule has 1 aromatic heterocycles. The third-order valence-corrected chi connectivity index (χ3v) is 3.21. The highest BCUT2D eigenvalue weighted by molar-refractivity contribution is 5.93. The normalized spacial score (nSPS) is 13.8. The minimum atomic E-state index is -0.153. The Morgan fingerprint density at radius 2 is 2.11 bits per heavy atom. The number of carbonyl (C=O) groups excluding carboxylic acids is 1. The smallest absolute Gasteiger partial charge is 0.319 e.